The van der Waals surface area contributed by atoms with Crippen LogP contribution in [0.3, 0.4) is 0 Å². The van der Waals surface area contributed by atoms with Gasteiger partial charge >= 0.3 is 0 Å². The van der Waals surface area contributed by atoms with E-state index in [1.54, 1.807) is 25.3 Å². The van der Waals surface area contributed by atoms with Gasteiger partial charge in [-0.2, -0.15) is 4.31 Å². The maximum atomic E-state index is 13.0. The number of carbonyl (C=O) groups excluding carboxylic acids is 1. The van der Waals surface area contributed by atoms with Gasteiger partial charge in [0, 0.05) is 19.5 Å². The van der Waals surface area contributed by atoms with Crippen molar-refractivity contribution in [1.82, 2.24) is 9.62 Å². The molecule has 1 aliphatic rings. The summed E-state index contributed by atoms with van der Waals surface area (Å²) < 4.78 is 43.5. The molecule has 8 nitrogen and oxygen atoms in total. The Morgan fingerprint density at radius 3 is 2.38 bits per heavy atom. The molecule has 34 heavy (non-hydrogen) atoms. The van der Waals surface area contributed by atoms with Gasteiger partial charge in [-0.05, 0) is 60.7 Å². The molecule has 1 atom stereocenters. The van der Waals surface area contributed by atoms with E-state index in [0.29, 0.717) is 44.0 Å². The van der Waals surface area contributed by atoms with Gasteiger partial charge in [0.2, 0.25) is 15.9 Å². The van der Waals surface area contributed by atoms with Crippen LogP contribution < -0.4 is 14.8 Å². The molecular formula is C25H34N2O6S. The molecule has 0 spiro atoms. The van der Waals surface area contributed by atoms with Crippen molar-refractivity contribution in [2.75, 3.05) is 40.5 Å². The molecule has 9 heteroatoms. The summed E-state index contributed by atoms with van der Waals surface area (Å²) in [5.41, 5.74) is 2.71. The summed E-state index contributed by atoms with van der Waals surface area (Å²) in [4.78, 5) is 13.0. The Hall–Kier alpha value is -2.62. The summed E-state index contributed by atoms with van der Waals surface area (Å²) in [6.45, 7) is 5.42. The molecular weight excluding hydrogens is 456 g/mol. The van der Waals surface area contributed by atoms with Crippen molar-refractivity contribution in [1.29, 1.82) is 0 Å². The van der Waals surface area contributed by atoms with Crippen molar-refractivity contribution in [3.8, 4) is 11.5 Å². The quantitative estimate of drug-likeness (QED) is 0.550. The third-order valence-corrected chi connectivity index (χ3v) is 7.94. The van der Waals surface area contributed by atoms with Crippen LogP contribution in [0.5, 0.6) is 11.5 Å². The number of carbonyl (C=O) groups is 1. The van der Waals surface area contributed by atoms with E-state index in [4.69, 9.17) is 14.2 Å². The highest BCUT2D eigenvalue weighted by Crippen LogP contribution is 2.27. The molecule has 0 unspecified atom stereocenters. The average molecular weight is 491 g/mol. The average Bonchev–Trinajstić information content (AvgIpc) is 2.86. The van der Waals surface area contributed by atoms with Gasteiger partial charge in [-0.3, -0.25) is 4.79 Å². The Morgan fingerprint density at radius 2 is 1.76 bits per heavy atom. The van der Waals surface area contributed by atoms with Crippen molar-refractivity contribution in [3.05, 3.63) is 53.1 Å². The Kier molecular flexibility index (Phi) is 8.93. The third kappa shape index (κ3) is 6.08. The summed E-state index contributed by atoms with van der Waals surface area (Å²) in [5.74, 6) is 1.26. The minimum absolute atomic E-state index is 0.108. The molecule has 0 aliphatic carbocycles. The number of ether oxygens (including phenoxy) is 3. The number of morpholine rings is 1. The van der Waals surface area contributed by atoms with Gasteiger partial charge < -0.3 is 19.5 Å². The molecule has 0 saturated carbocycles. The zero-order valence-corrected chi connectivity index (χ0v) is 21.1. The van der Waals surface area contributed by atoms with Crippen molar-refractivity contribution in [2.24, 2.45) is 0 Å². The molecule has 0 radical (unpaired) electrons. The first kappa shape index (κ1) is 26.0. The van der Waals surface area contributed by atoms with Gasteiger partial charge in [0.05, 0.1) is 38.4 Å². The molecule has 1 amide bonds. The molecule has 1 heterocycles. The van der Waals surface area contributed by atoms with Gasteiger partial charge in [0.15, 0.2) is 0 Å². The first-order valence-electron chi connectivity index (χ1n) is 11.5. The third-order valence-electron chi connectivity index (χ3n) is 6.05. The molecule has 1 saturated heterocycles. The standard InChI is InChI=1S/C25H34N2O6S/c1-5-22(19-6-9-23(31-3)18(2)16-19)26-25(28)11-7-20-17-21(8-10-24(20)32-4)34(29,30)27-12-14-33-15-13-27/h6,8-10,16-17,22H,5,7,11-15H2,1-4H3,(H,26,28)/t22-/m0/s1. The number of sulfonamides is 1. The first-order valence-corrected chi connectivity index (χ1v) is 12.9. The van der Waals surface area contributed by atoms with E-state index in [1.165, 1.54) is 11.4 Å². The van der Waals surface area contributed by atoms with Crippen LogP contribution in [-0.4, -0.2) is 59.2 Å². The zero-order valence-electron chi connectivity index (χ0n) is 20.3. The van der Waals surface area contributed by atoms with Crippen molar-refractivity contribution in [2.45, 2.75) is 44.0 Å². The van der Waals surface area contributed by atoms with E-state index < -0.39 is 10.0 Å². The van der Waals surface area contributed by atoms with Gasteiger partial charge in [0.25, 0.3) is 0 Å². The molecule has 0 aromatic heterocycles. The number of hydrogen-bond donors (Lipinski definition) is 1. The number of nitrogens with one attached hydrogen (secondary N) is 1. The molecule has 186 valence electrons. The maximum absolute atomic E-state index is 13.0. The van der Waals surface area contributed by atoms with Gasteiger partial charge in [-0.25, -0.2) is 8.42 Å². The number of nitrogens with zero attached hydrogens (tertiary/aromatic N) is 1. The Balaban J connectivity index is 1.70. The second-order valence-corrected chi connectivity index (χ2v) is 10.2. The fourth-order valence-electron chi connectivity index (χ4n) is 4.10. The Labute approximate surface area is 202 Å². The molecule has 3 rings (SSSR count). The van der Waals surface area contributed by atoms with Gasteiger partial charge in [-0.1, -0.05) is 19.1 Å². The molecule has 2 aromatic rings. The second-order valence-electron chi connectivity index (χ2n) is 8.25. The number of hydrogen-bond acceptors (Lipinski definition) is 6. The van der Waals surface area contributed by atoms with Crippen molar-refractivity contribution >= 4 is 15.9 Å². The number of rotatable bonds is 10. The summed E-state index contributed by atoms with van der Waals surface area (Å²) in [6.07, 6.45) is 1.32. The lowest BCUT2D eigenvalue weighted by Gasteiger charge is -2.26. The summed E-state index contributed by atoms with van der Waals surface area (Å²) >= 11 is 0. The van der Waals surface area contributed by atoms with Gasteiger partial charge in [0.1, 0.15) is 11.5 Å². The highest BCUT2D eigenvalue weighted by atomic mass is 32.2. The van der Waals surface area contributed by atoms with Crippen LogP contribution in [0.4, 0.5) is 0 Å². The molecule has 0 bridgehead atoms. The van der Waals surface area contributed by atoms with Crippen molar-refractivity contribution in [3.63, 3.8) is 0 Å². The normalized spacial score (nSPS) is 15.5. The van der Waals surface area contributed by atoms with E-state index in [2.05, 4.69) is 5.32 Å². The molecule has 2 aromatic carbocycles. The largest absolute Gasteiger partial charge is 0.496 e. The van der Waals surface area contributed by atoms with Crippen LogP contribution in [0.15, 0.2) is 41.3 Å². The van der Waals surface area contributed by atoms with E-state index in [1.807, 2.05) is 32.0 Å². The van der Waals surface area contributed by atoms with E-state index in [0.717, 1.165) is 23.3 Å². The highest BCUT2D eigenvalue weighted by Gasteiger charge is 2.27. The Morgan fingerprint density at radius 1 is 1.09 bits per heavy atom. The lowest BCUT2D eigenvalue weighted by atomic mass is 10.0. The molecule has 1 N–H and O–H groups in total. The number of methoxy groups -OCH3 is 2. The van der Waals surface area contributed by atoms with E-state index in [-0.39, 0.29) is 23.3 Å². The topological polar surface area (TPSA) is 94.2 Å². The summed E-state index contributed by atoms with van der Waals surface area (Å²) in [7, 11) is -0.459. The van der Waals surface area contributed by atoms with Crippen LogP contribution in [0.25, 0.3) is 0 Å². The molecule has 1 fully saturated rings. The van der Waals surface area contributed by atoms with Gasteiger partial charge in [-0.15, -0.1) is 0 Å². The number of benzene rings is 2. The first-order chi connectivity index (χ1) is 16.3. The predicted octanol–water partition coefficient (Wildman–Crippen LogP) is 3.23. The monoisotopic (exact) mass is 490 g/mol. The van der Waals surface area contributed by atoms with Crippen LogP contribution in [0, 0.1) is 6.92 Å². The fourth-order valence-corrected chi connectivity index (χ4v) is 5.56. The maximum Gasteiger partial charge on any atom is 0.243 e. The number of aryl methyl sites for hydroxylation is 2. The van der Waals surface area contributed by atoms with Crippen LogP contribution >= 0.6 is 0 Å². The zero-order chi connectivity index (χ0) is 24.7. The van der Waals surface area contributed by atoms with Crippen LogP contribution in [-0.2, 0) is 26.0 Å². The minimum atomic E-state index is -3.63. The van der Waals surface area contributed by atoms with E-state index in [9.17, 15) is 13.2 Å². The SMILES string of the molecule is CC[C@H](NC(=O)CCc1cc(S(=O)(=O)N2CCOCC2)ccc1OC)c1ccc(OC)c(C)c1. The van der Waals surface area contributed by atoms with Crippen LogP contribution in [0.1, 0.15) is 42.5 Å². The Bertz CT molecular complexity index is 1100. The predicted molar refractivity (Wildman–Crippen MR) is 130 cm³/mol. The smallest absolute Gasteiger partial charge is 0.243 e. The van der Waals surface area contributed by atoms with E-state index >= 15 is 0 Å². The fraction of sp³-hybridized carbons (Fsp3) is 0.480. The van der Waals surface area contributed by atoms with Crippen molar-refractivity contribution < 1.29 is 27.4 Å². The molecule has 1 aliphatic heterocycles. The minimum Gasteiger partial charge on any atom is -0.496 e. The lowest BCUT2D eigenvalue weighted by Crippen LogP contribution is -2.40. The van der Waals surface area contributed by atoms with Crippen LogP contribution in [0.2, 0.25) is 0 Å². The summed E-state index contributed by atoms with van der Waals surface area (Å²) in [5, 5.41) is 3.09. The number of amides is 1. The lowest BCUT2D eigenvalue weighted by molar-refractivity contribution is -0.121. The highest BCUT2D eigenvalue weighted by molar-refractivity contribution is 7.89. The second kappa shape index (κ2) is 11.7. The summed E-state index contributed by atoms with van der Waals surface area (Å²) in [6, 6.07) is 10.6.